The molecule has 0 heterocycles. The molecule has 7 nitrogen and oxygen atoms in total. The summed E-state index contributed by atoms with van der Waals surface area (Å²) in [5.74, 6) is -1.28. The fourth-order valence-electron chi connectivity index (χ4n) is 1.26. The highest BCUT2D eigenvalue weighted by molar-refractivity contribution is 5.85. The van der Waals surface area contributed by atoms with Crippen molar-refractivity contribution in [1.29, 1.82) is 0 Å². The Kier molecular flexibility index (Phi) is 7.50. The van der Waals surface area contributed by atoms with Gasteiger partial charge in [-0.05, 0) is 13.3 Å². The van der Waals surface area contributed by atoms with Crippen LogP contribution in [0, 0.1) is 0 Å². The number of urea groups is 1. The zero-order valence-corrected chi connectivity index (χ0v) is 11.1. The molecular formula is C11H21N3O4. The molecular weight excluding hydrogens is 238 g/mol. The van der Waals surface area contributed by atoms with Crippen molar-refractivity contribution < 1.29 is 19.5 Å². The van der Waals surface area contributed by atoms with Gasteiger partial charge in [-0.15, -0.1) is 0 Å². The Labute approximate surface area is 107 Å². The summed E-state index contributed by atoms with van der Waals surface area (Å²) in [7, 11) is 1.63. The van der Waals surface area contributed by atoms with Crippen LogP contribution in [-0.2, 0) is 9.59 Å². The van der Waals surface area contributed by atoms with Gasteiger partial charge in [-0.1, -0.05) is 6.92 Å². The van der Waals surface area contributed by atoms with Crippen molar-refractivity contribution in [3.8, 4) is 0 Å². The fraction of sp³-hybridized carbons (Fsp3) is 0.727. The average Bonchev–Trinajstić information content (AvgIpc) is 2.33. The minimum atomic E-state index is -1.07. The lowest BCUT2D eigenvalue weighted by Crippen LogP contribution is -2.46. The van der Waals surface area contributed by atoms with E-state index in [0.29, 0.717) is 19.5 Å². The normalized spacial score (nSPS) is 9.72. The van der Waals surface area contributed by atoms with Gasteiger partial charge < -0.3 is 20.2 Å². The summed E-state index contributed by atoms with van der Waals surface area (Å²) in [5, 5.41) is 11.1. The Morgan fingerprint density at radius 2 is 1.83 bits per heavy atom. The lowest BCUT2D eigenvalue weighted by Gasteiger charge is -2.21. The highest BCUT2D eigenvalue weighted by Gasteiger charge is 2.17. The third kappa shape index (κ3) is 6.07. The molecule has 0 aromatic heterocycles. The van der Waals surface area contributed by atoms with Crippen molar-refractivity contribution in [1.82, 2.24) is 15.1 Å². The number of hydrogen-bond acceptors (Lipinski definition) is 3. The second-order valence-electron chi connectivity index (χ2n) is 3.88. The minimum Gasteiger partial charge on any atom is -0.480 e. The molecule has 0 atom stereocenters. The van der Waals surface area contributed by atoms with Gasteiger partial charge in [-0.25, -0.2) is 4.79 Å². The molecule has 0 aliphatic carbocycles. The molecule has 104 valence electrons. The average molecular weight is 259 g/mol. The van der Waals surface area contributed by atoms with Crippen LogP contribution in [0.3, 0.4) is 0 Å². The zero-order chi connectivity index (χ0) is 14.1. The van der Waals surface area contributed by atoms with Crippen LogP contribution in [0.15, 0.2) is 0 Å². The molecule has 0 aliphatic heterocycles. The number of carboxylic acid groups (broad SMARTS) is 1. The first kappa shape index (κ1) is 16.2. The van der Waals surface area contributed by atoms with Crippen LogP contribution in [0.25, 0.3) is 0 Å². The maximum absolute atomic E-state index is 11.7. The van der Waals surface area contributed by atoms with Crippen molar-refractivity contribution in [2.75, 3.05) is 33.2 Å². The fourth-order valence-corrected chi connectivity index (χ4v) is 1.26. The third-order valence-electron chi connectivity index (χ3n) is 2.40. The van der Waals surface area contributed by atoms with Gasteiger partial charge in [0, 0.05) is 20.1 Å². The Hall–Kier alpha value is -1.79. The third-order valence-corrected chi connectivity index (χ3v) is 2.40. The van der Waals surface area contributed by atoms with Gasteiger partial charge in [-0.3, -0.25) is 9.59 Å². The van der Waals surface area contributed by atoms with Crippen molar-refractivity contribution >= 4 is 17.9 Å². The van der Waals surface area contributed by atoms with E-state index in [1.165, 1.54) is 9.80 Å². The largest absolute Gasteiger partial charge is 0.480 e. The number of carbonyl (C=O) groups is 3. The van der Waals surface area contributed by atoms with Crippen LogP contribution in [0.1, 0.15) is 20.3 Å². The van der Waals surface area contributed by atoms with Crippen molar-refractivity contribution in [2.45, 2.75) is 20.3 Å². The van der Waals surface area contributed by atoms with E-state index in [2.05, 4.69) is 5.32 Å². The van der Waals surface area contributed by atoms with E-state index in [4.69, 9.17) is 5.11 Å². The molecule has 0 fully saturated rings. The SMILES string of the molecule is CCCN(CC(=O)O)C(=O)NCC(=O)N(C)CC. The van der Waals surface area contributed by atoms with Gasteiger partial charge in [0.1, 0.15) is 6.54 Å². The second kappa shape index (κ2) is 8.32. The number of amides is 3. The summed E-state index contributed by atoms with van der Waals surface area (Å²) in [6, 6.07) is -0.530. The molecule has 0 aliphatic rings. The van der Waals surface area contributed by atoms with Crippen molar-refractivity contribution in [3.63, 3.8) is 0 Å². The molecule has 0 unspecified atom stereocenters. The predicted octanol–water partition coefficient (Wildman–Crippen LogP) is -0.0291. The Bertz CT molecular complexity index is 307. The lowest BCUT2D eigenvalue weighted by atomic mass is 10.4. The number of nitrogens with one attached hydrogen (secondary N) is 1. The van der Waals surface area contributed by atoms with Gasteiger partial charge in [0.15, 0.2) is 0 Å². The van der Waals surface area contributed by atoms with Crippen molar-refractivity contribution in [3.05, 3.63) is 0 Å². The van der Waals surface area contributed by atoms with Crippen molar-refractivity contribution in [2.24, 2.45) is 0 Å². The Morgan fingerprint density at radius 1 is 1.22 bits per heavy atom. The molecule has 0 spiro atoms. The lowest BCUT2D eigenvalue weighted by molar-refractivity contribution is -0.137. The summed E-state index contributed by atoms with van der Waals surface area (Å²) in [5.41, 5.74) is 0. The van der Waals surface area contributed by atoms with E-state index in [1.54, 1.807) is 7.05 Å². The second-order valence-corrected chi connectivity index (χ2v) is 3.88. The molecule has 0 aromatic carbocycles. The number of nitrogens with zero attached hydrogens (tertiary/aromatic N) is 2. The number of rotatable bonds is 7. The monoisotopic (exact) mass is 259 g/mol. The van der Waals surface area contributed by atoms with Gasteiger partial charge >= 0.3 is 12.0 Å². The summed E-state index contributed by atoms with van der Waals surface area (Å²) in [4.78, 5) is 36.3. The Morgan fingerprint density at radius 3 is 2.28 bits per heavy atom. The smallest absolute Gasteiger partial charge is 0.323 e. The number of aliphatic carboxylic acids is 1. The summed E-state index contributed by atoms with van der Waals surface area (Å²) in [6.45, 7) is 4.09. The standard InChI is InChI=1S/C11H21N3O4/c1-4-6-14(8-10(16)17)11(18)12-7-9(15)13(3)5-2/h4-8H2,1-3H3,(H,12,18)(H,16,17). The number of likely N-dealkylation sites (N-methyl/N-ethyl adjacent to an activating group) is 1. The molecule has 0 rings (SSSR count). The van der Waals surface area contributed by atoms with Crippen LogP contribution in [-0.4, -0.2) is 66.0 Å². The van der Waals surface area contributed by atoms with E-state index in [0.717, 1.165) is 0 Å². The molecule has 3 amide bonds. The van der Waals surface area contributed by atoms with Crippen LogP contribution >= 0.6 is 0 Å². The van der Waals surface area contributed by atoms with E-state index in [9.17, 15) is 14.4 Å². The first-order valence-electron chi connectivity index (χ1n) is 5.90. The first-order chi connectivity index (χ1) is 8.42. The highest BCUT2D eigenvalue weighted by Crippen LogP contribution is 1.93. The van der Waals surface area contributed by atoms with Crippen LogP contribution in [0.5, 0.6) is 0 Å². The van der Waals surface area contributed by atoms with Gasteiger partial charge in [0.2, 0.25) is 5.91 Å². The van der Waals surface area contributed by atoms with E-state index in [-0.39, 0.29) is 19.0 Å². The van der Waals surface area contributed by atoms with E-state index < -0.39 is 12.0 Å². The highest BCUT2D eigenvalue weighted by atomic mass is 16.4. The molecule has 0 radical (unpaired) electrons. The maximum Gasteiger partial charge on any atom is 0.323 e. The topological polar surface area (TPSA) is 90.0 Å². The van der Waals surface area contributed by atoms with Crippen LogP contribution in [0.2, 0.25) is 0 Å². The summed E-state index contributed by atoms with van der Waals surface area (Å²) < 4.78 is 0. The van der Waals surface area contributed by atoms with E-state index >= 15 is 0 Å². The first-order valence-corrected chi connectivity index (χ1v) is 5.90. The van der Waals surface area contributed by atoms with E-state index in [1.807, 2.05) is 13.8 Å². The molecule has 2 N–H and O–H groups in total. The molecule has 0 saturated carbocycles. The van der Waals surface area contributed by atoms with Gasteiger partial charge in [-0.2, -0.15) is 0 Å². The van der Waals surface area contributed by atoms with Gasteiger partial charge in [0.05, 0.1) is 6.54 Å². The molecule has 7 heteroatoms. The quantitative estimate of drug-likeness (QED) is 0.672. The van der Waals surface area contributed by atoms with Crippen LogP contribution < -0.4 is 5.32 Å². The van der Waals surface area contributed by atoms with Crippen LogP contribution in [0.4, 0.5) is 4.79 Å². The molecule has 0 bridgehead atoms. The zero-order valence-electron chi connectivity index (χ0n) is 11.1. The molecule has 18 heavy (non-hydrogen) atoms. The maximum atomic E-state index is 11.7. The number of carbonyl (C=O) groups excluding carboxylic acids is 2. The summed E-state index contributed by atoms with van der Waals surface area (Å²) in [6.07, 6.45) is 0.656. The number of hydrogen-bond donors (Lipinski definition) is 2. The molecule has 0 saturated heterocycles. The number of carboxylic acids is 1. The Balaban J connectivity index is 4.25. The predicted molar refractivity (Wildman–Crippen MR) is 66.2 cm³/mol. The minimum absolute atomic E-state index is 0.122. The molecule has 0 aromatic rings. The van der Waals surface area contributed by atoms with Gasteiger partial charge in [0.25, 0.3) is 0 Å². The summed E-state index contributed by atoms with van der Waals surface area (Å²) >= 11 is 0.